The van der Waals surface area contributed by atoms with Crippen LogP contribution in [0.25, 0.3) is 5.69 Å². The highest BCUT2D eigenvalue weighted by atomic mass is 15.1. The lowest BCUT2D eigenvalue weighted by Gasteiger charge is -2.10. The molecule has 0 radical (unpaired) electrons. The summed E-state index contributed by atoms with van der Waals surface area (Å²) in [4.78, 5) is 13.1. The van der Waals surface area contributed by atoms with Gasteiger partial charge in [0.2, 0.25) is 0 Å². The molecule has 96 valence electrons. The number of nitrogens with two attached hydrogens (primary N) is 1. The van der Waals surface area contributed by atoms with Crippen LogP contribution in [0.3, 0.4) is 0 Å². The number of hydrogen-bond donors (Lipinski definition) is 1. The van der Waals surface area contributed by atoms with Gasteiger partial charge in [-0.15, -0.1) is 0 Å². The van der Waals surface area contributed by atoms with Crippen molar-refractivity contribution in [2.24, 2.45) is 15.7 Å². The van der Waals surface area contributed by atoms with E-state index in [4.69, 9.17) is 5.73 Å². The van der Waals surface area contributed by atoms with Crippen molar-refractivity contribution in [3.05, 3.63) is 47.0 Å². The van der Waals surface area contributed by atoms with Crippen molar-refractivity contribution in [3.8, 4) is 5.69 Å². The van der Waals surface area contributed by atoms with Crippen molar-refractivity contribution >= 4 is 12.2 Å². The molecule has 0 atom stereocenters. The van der Waals surface area contributed by atoms with E-state index in [1.54, 1.807) is 0 Å². The zero-order valence-corrected chi connectivity index (χ0v) is 11.0. The van der Waals surface area contributed by atoms with Crippen molar-refractivity contribution in [1.82, 2.24) is 9.55 Å². The molecule has 1 aliphatic rings. The number of aliphatic imine (C=N–C) groups is 2. The van der Waals surface area contributed by atoms with Crippen LogP contribution in [0, 0.1) is 13.8 Å². The molecule has 2 heterocycles. The quantitative estimate of drug-likeness (QED) is 0.574. The minimum Gasteiger partial charge on any atom is -0.390 e. The molecule has 0 aliphatic carbocycles. The first-order chi connectivity index (χ1) is 9.20. The molecular weight excluding hydrogens is 238 g/mol. The third-order valence-electron chi connectivity index (χ3n) is 3.30. The number of nitrogens with zero attached hydrogens (tertiary/aromatic N) is 4. The fraction of sp³-hybridized carbons (Fsp3) is 0.214. The summed E-state index contributed by atoms with van der Waals surface area (Å²) in [6, 6.07) is 6.22. The van der Waals surface area contributed by atoms with E-state index in [2.05, 4.69) is 44.7 Å². The Labute approximate surface area is 111 Å². The summed E-state index contributed by atoms with van der Waals surface area (Å²) < 4.78 is 2.08. The van der Waals surface area contributed by atoms with Gasteiger partial charge in [0.25, 0.3) is 0 Å². The van der Waals surface area contributed by atoms with Gasteiger partial charge in [0, 0.05) is 5.56 Å². The standard InChI is InChI=1S/C14H15N5/c1-9-3-4-12-11(5-9)14(17-7-15)16-6-13-10(2)18-8-19(12)13/h3-5,7-8H,6H2,1-2H3,(H2,15,16,17). The molecule has 0 saturated carbocycles. The maximum absolute atomic E-state index is 5.42. The second-order valence-electron chi connectivity index (χ2n) is 4.59. The highest BCUT2D eigenvalue weighted by molar-refractivity contribution is 6.05. The number of rotatable bonds is 0. The topological polar surface area (TPSA) is 68.6 Å². The summed E-state index contributed by atoms with van der Waals surface area (Å²) in [5, 5.41) is 0. The Hall–Kier alpha value is -2.43. The zero-order valence-electron chi connectivity index (χ0n) is 11.0. The first kappa shape index (κ1) is 11.6. The fourth-order valence-corrected chi connectivity index (χ4v) is 2.32. The summed E-state index contributed by atoms with van der Waals surface area (Å²) in [6.07, 6.45) is 3.13. The Kier molecular flexibility index (Phi) is 2.67. The maximum Gasteiger partial charge on any atom is 0.158 e. The molecule has 5 heteroatoms. The van der Waals surface area contributed by atoms with Crippen LogP contribution < -0.4 is 5.73 Å². The van der Waals surface area contributed by atoms with Crippen LogP contribution in [0.4, 0.5) is 0 Å². The highest BCUT2D eigenvalue weighted by Crippen LogP contribution is 2.25. The lowest BCUT2D eigenvalue weighted by atomic mass is 10.1. The van der Waals surface area contributed by atoms with Gasteiger partial charge in [0.15, 0.2) is 5.84 Å². The molecule has 5 nitrogen and oxygen atoms in total. The minimum absolute atomic E-state index is 0.562. The molecule has 0 fully saturated rings. The van der Waals surface area contributed by atoms with Gasteiger partial charge in [-0.3, -0.25) is 4.99 Å². The van der Waals surface area contributed by atoms with Gasteiger partial charge in [-0.25, -0.2) is 9.98 Å². The van der Waals surface area contributed by atoms with Crippen molar-refractivity contribution in [1.29, 1.82) is 0 Å². The molecule has 2 N–H and O–H groups in total. The van der Waals surface area contributed by atoms with Crippen LogP contribution in [0.2, 0.25) is 0 Å². The van der Waals surface area contributed by atoms with E-state index in [1.807, 2.05) is 13.3 Å². The second-order valence-corrected chi connectivity index (χ2v) is 4.59. The molecule has 0 unspecified atom stereocenters. The number of imidazole rings is 1. The molecule has 1 aliphatic heterocycles. The summed E-state index contributed by atoms with van der Waals surface area (Å²) in [5.41, 5.74) is 10.7. The summed E-state index contributed by atoms with van der Waals surface area (Å²) >= 11 is 0. The molecule has 1 aromatic carbocycles. The number of fused-ring (bicyclic) bond motifs is 3. The van der Waals surface area contributed by atoms with Gasteiger partial charge >= 0.3 is 0 Å². The summed E-state index contributed by atoms with van der Waals surface area (Å²) in [5.74, 6) is 0.671. The lowest BCUT2D eigenvalue weighted by molar-refractivity contribution is 0.913. The van der Waals surface area contributed by atoms with E-state index in [0.29, 0.717) is 12.4 Å². The van der Waals surface area contributed by atoms with E-state index in [9.17, 15) is 0 Å². The Morgan fingerprint density at radius 2 is 2.21 bits per heavy atom. The largest absolute Gasteiger partial charge is 0.390 e. The van der Waals surface area contributed by atoms with Crippen molar-refractivity contribution in [2.45, 2.75) is 20.4 Å². The first-order valence-electron chi connectivity index (χ1n) is 6.13. The van der Waals surface area contributed by atoms with Gasteiger partial charge in [0.05, 0.1) is 36.3 Å². The fourth-order valence-electron chi connectivity index (χ4n) is 2.32. The second kappa shape index (κ2) is 4.35. The normalized spacial score (nSPS) is 13.9. The monoisotopic (exact) mass is 253 g/mol. The third-order valence-corrected chi connectivity index (χ3v) is 3.30. The molecule has 0 spiro atoms. The Bertz CT molecular complexity index is 694. The smallest absolute Gasteiger partial charge is 0.158 e. The van der Waals surface area contributed by atoms with Gasteiger partial charge in [0.1, 0.15) is 0 Å². The summed E-state index contributed by atoms with van der Waals surface area (Å²) in [7, 11) is 0. The Balaban J connectivity index is 2.31. The predicted octanol–water partition coefficient (Wildman–Crippen LogP) is 1.74. The predicted molar refractivity (Wildman–Crippen MR) is 76.0 cm³/mol. The molecule has 2 aromatic rings. The maximum atomic E-state index is 5.42. The summed E-state index contributed by atoms with van der Waals surface area (Å²) in [6.45, 7) is 4.60. The average molecular weight is 253 g/mol. The average Bonchev–Trinajstić information content (AvgIpc) is 2.68. The molecule has 1 aromatic heterocycles. The first-order valence-corrected chi connectivity index (χ1v) is 6.13. The highest BCUT2D eigenvalue weighted by Gasteiger charge is 2.18. The molecule has 3 rings (SSSR count). The molecule has 0 saturated heterocycles. The number of hydrogen-bond acceptors (Lipinski definition) is 3. The van der Waals surface area contributed by atoms with Crippen LogP contribution in [0.5, 0.6) is 0 Å². The van der Waals surface area contributed by atoms with E-state index in [1.165, 1.54) is 11.9 Å². The van der Waals surface area contributed by atoms with Crippen LogP contribution in [0.15, 0.2) is 34.5 Å². The van der Waals surface area contributed by atoms with Crippen LogP contribution in [-0.4, -0.2) is 21.7 Å². The van der Waals surface area contributed by atoms with Crippen LogP contribution >= 0.6 is 0 Å². The van der Waals surface area contributed by atoms with E-state index < -0.39 is 0 Å². The number of amidine groups is 1. The number of aromatic nitrogens is 2. The van der Waals surface area contributed by atoms with Crippen molar-refractivity contribution in [3.63, 3.8) is 0 Å². The van der Waals surface area contributed by atoms with Gasteiger partial charge < -0.3 is 10.3 Å². The Morgan fingerprint density at radius 1 is 1.37 bits per heavy atom. The zero-order chi connectivity index (χ0) is 13.4. The van der Waals surface area contributed by atoms with Gasteiger partial charge in [-0.2, -0.15) is 0 Å². The van der Waals surface area contributed by atoms with Crippen LogP contribution in [0.1, 0.15) is 22.5 Å². The number of aryl methyl sites for hydroxylation is 2. The number of benzene rings is 1. The molecule has 0 amide bonds. The third kappa shape index (κ3) is 1.83. The minimum atomic E-state index is 0.562. The lowest BCUT2D eigenvalue weighted by Crippen LogP contribution is -2.05. The van der Waals surface area contributed by atoms with Gasteiger partial charge in [-0.05, 0) is 26.0 Å². The van der Waals surface area contributed by atoms with E-state index in [-0.39, 0.29) is 0 Å². The van der Waals surface area contributed by atoms with E-state index >= 15 is 0 Å². The Morgan fingerprint density at radius 3 is 3.00 bits per heavy atom. The molecule has 19 heavy (non-hydrogen) atoms. The van der Waals surface area contributed by atoms with Crippen molar-refractivity contribution < 1.29 is 0 Å². The van der Waals surface area contributed by atoms with E-state index in [0.717, 1.165) is 22.6 Å². The van der Waals surface area contributed by atoms with Crippen LogP contribution in [-0.2, 0) is 6.54 Å². The molecular formula is C14H15N5. The van der Waals surface area contributed by atoms with Gasteiger partial charge in [-0.1, -0.05) is 11.6 Å². The SMILES string of the molecule is Cc1ccc2c(c1)C(N=CN)=NCc1c(C)ncn1-2. The van der Waals surface area contributed by atoms with Crippen molar-refractivity contribution in [2.75, 3.05) is 0 Å². The molecule has 0 bridgehead atoms.